The Morgan fingerprint density at radius 3 is 1.48 bits per heavy atom. The summed E-state index contributed by atoms with van der Waals surface area (Å²) in [5.74, 6) is -0.116. The minimum Gasteiger partial charge on any atom is -0.394 e. The average Bonchev–Trinajstić information content (AvgIpc) is 3.06. The van der Waals surface area contributed by atoms with Gasteiger partial charge in [-0.2, -0.15) is 0 Å². The van der Waals surface area contributed by atoms with Gasteiger partial charge in [-0.15, -0.1) is 0 Å². The Bertz CT molecular complexity index is 948. The molecular weight excluding hydrogens is 566 g/mol. The number of amides is 1. The van der Waals surface area contributed by atoms with Crippen LogP contribution in [0.1, 0.15) is 129 Å². The molecular formula is C42H67NO3. The summed E-state index contributed by atoms with van der Waals surface area (Å²) in [6.45, 7) is 4.08. The summed E-state index contributed by atoms with van der Waals surface area (Å²) in [6.07, 6.45) is 56.1. The number of carbonyl (C=O) groups excluding carboxylic acids is 1. The minimum atomic E-state index is -0.881. The molecule has 0 aromatic rings. The van der Waals surface area contributed by atoms with E-state index in [9.17, 15) is 15.0 Å². The molecule has 0 aliphatic heterocycles. The summed E-state index contributed by atoms with van der Waals surface area (Å²) in [6, 6.07) is -0.662. The Labute approximate surface area is 283 Å². The van der Waals surface area contributed by atoms with Gasteiger partial charge in [0.25, 0.3) is 0 Å². The summed E-state index contributed by atoms with van der Waals surface area (Å²) >= 11 is 0. The maximum absolute atomic E-state index is 12.3. The molecule has 0 aromatic heterocycles. The van der Waals surface area contributed by atoms with Crippen molar-refractivity contribution in [3.8, 4) is 0 Å². The lowest BCUT2D eigenvalue weighted by molar-refractivity contribution is -0.123. The van der Waals surface area contributed by atoms with Crippen molar-refractivity contribution in [1.82, 2.24) is 5.32 Å². The molecule has 0 spiro atoms. The Kier molecular flexibility index (Phi) is 34.2. The maximum atomic E-state index is 12.3. The highest BCUT2D eigenvalue weighted by Crippen LogP contribution is 2.07. The number of aliphatic hydroxyl groups excluding tert-OH is 2. The fraction of sp³-hybridized carbons (Fsp3) is 0.548. The predicted octanol–water partition coefficient (Wildman–Crippen LogP) is 10.9. The van der Waals surface area contributed by atoms with Crippen LogP contribution in [-0.2, 0) is 4.79 Å². The molecule has 4 heteroatoms. The van der Waals surface area contributed by atoms with Crippen LogP contribution < -0.4 is 5.32 Å². The molecule has 1 amide bonds. The van der Waals surface area contributed by atoms with Crippen LogP contribution in [0.5, 0.6) is 0 Å². The molecule has 0 radical (unpaired) electrons. The van der Waals surface area contributed by atoms with Gasteiger partial charge in [0.1, 0.15) is 0 Å². The van der Waals surface area contributed by atoms with Gasteiger partial charge >= 0.3 is 0 Å². The first kappa shape index (κ1) is 43.0. The summed E-state index contributed by atoms with van der Waals surface area (Å²) in [5, 5.41) is 22.7. The van der Waals surface area contributed by atoms with Gasteiger partial charge in [0.2, 0.25) is 5.91 Å². The zero-order valence-corrected chi connectivity index (χ0v) is 29.3. The Morgan fingerprint density at radius 1 is 0.543 bits per heavy atom. The van der Waals surface area contributed by atoms with E-state index in [0.717, 1.165) is 89.9 Å². The van der Waals surface area contributed by atoms with Crippen LogP contribution in [0.3, 0.4) is 0 Å². The summed E-state index contributed by atoms with van der Waals surface area (Å²) < 4.78 is 0. The van der Waals surface area contributed by atoms with Gasteiger partial charge in [0.05, 0.1) is 18.8 Å². The second-order valence-electron chi connectivity index (χ2n) is 11.5. The zero-order valence-electron chi connectivity index (χ0n) is 29.3. The monoisotopic (exact) mass is 634 g/mol. The number of nitrogens with one attached hydrogen (secondary N) is 1. The number of hydrogen-bond acceptors (Lipinski definition) is 3. The van der Waals surface area contributed by atoms with E-state index in [1.54, 1.807) is 6.08 Å². The molecule has 0 aromatic carbocycles. The van der Waals surface area contributed by atoms with Crippen LogP contribution in [-0.4, -0.2) is 34.9 Å². The highest BCUT2D eigenvalue weighted by molar-refractivity contribution is 5.76. The average molecular weight is 634 g/mol. The highest BCUT2D eigenvalue weighted by Gasteiger charge is 2.17. The second kappa shape index (κ2) is 36.5. The van der Waals surface area contributed by atoms with Crippen molar-refractivity contribution in [1.29, 1.82) is 0 Å². The third-order valence-electron chi connectivity index (χ3n) is 7.24. The molecule has 0 saturated carbocycles. The van der Waals surface area contributed by atoms with E-state index in [2.05, 4.69) is 116 Å². The molecule has 0 aliphatic carbocycles. The standard InChI is InChI=1S/C42H67NO3/c1-3-5-7-9-11-13-14-15-16-17-18-19-20-21-22-23-24-25-26-27-28-30-32-34-36-38-42(46)43-40(39-44)41(45)37-35-33-31-29-12-10-8-6-4-2/h5,7,11-13,15-16,18-19,21-22,24-25,27-29,35,37,40-41,44-45H,3-4,6,8-10,14,17,20,23,26,30-34,36,38-39H2,1-2H3,(H,43,46)/b7-5-,13-11-,16-15-,19-18-,22-21-,25-24-,28-27-,29-12+,37-35+. The number of rotatable bonds is 30. The van der Waals surface area contributed by atoms with Gasteiger partial charge < -0.3 is 15.5 Å². The number of unbranched alkanes of at least 4 members (excludes halogenated alkanes) is 7. The SMILES string of the molecule is CC/C=C\C/C=C\C/C=C\C/C=C\C/C=C\C/C=C\C/C=C\CCCCCC(=O)NC(CO)C(O)/C=C/CC/C=C/CCCCC. The molecule has 4 nitrogen and oxygen atoms in total. The summed E-state index contributed by atoms with van der Waals surface area (Å²) in [7, 11) is 0. The fourth-order valence-electron chi connectivity index (χ4n) is 4.46. The number of aliphatic hydroxyl groups is 2. The topological polar surface area (TPSA) is 69.6 Å². The van der Waals surface area contributed by atoms with Crippen LogP contribution in [0.4, 0.5) is 0 Å². The van der Waals surface area contributed by atoms with Gasteiger partial charge in [-0.3, -0.25) is 4.79 Å². The molecule has 0 fully saturated rings. The third-order valence-corrected chi connectivity index (χ3v) is 7.24. The van der Waals surface area contributed by atoms with Gasteiger partial charge in [-0.05, 0) is 89.9 Å². The van der Waals surface area contributed by atoms with E-state index >= 15 is 0 Å². The molecule has 46 heavy (non-hydrogen) atoms. The number of carbonyl (C=O) groups is 1. The number of allylic oxidation sites excluding steroid dienone is 17. The first-order valence-corrected chi connectivity index (χ1v) is 18.1. The maximum Gasteiger partial charge on any atom is 0.220 e. The van der Waals surface area contributed by atoms with E-state index < -0.39 is 12.1 Å². The van der Waals surface area contributed by atoms with Crippen LogP contribution in [0.2, 0.25) is 0 Å². The van der Waals surface area contributed by atoms with E-state index in [-0.39, 0.29) is 12.5 Å². The normalized spacial score (nSPS) is 14.4. The van der Waals surface area contributed by atoms with Crippen molar-refractivity contribution < 1.29 is 15.0 Å². The highest BCUT2D eigenvalue weighted by atomic mass is 16.3. The molecule has 0 heterocycles. The van der Waals surface area contributed by atoms with Crippen LogP contribution in [0.15, 0.2) is 109 Å². The predicted molar refractivity (Wildman–Crippen MR) is 202 cm³/mol. The van der Waals surface area contributed by atoms with Crippen molar-refractivity contribution >= 4 is 5.91 Å². The third kappa shape index (κ3) is 32.4. The van der Waals surface area contributed by atoms with Crippen molar-refractivity contribution in [2.75, 3.05) is 6.61 Å². The first-order chi connectivity index (χ1) is 22.7. The Balaban J connectivity index is 3.79. The minimum absolute atomic E-state index is 0.116. The summed E-state index contributed by atoms with van der Waals surface area (Å²) in [4.78, 5) is 12.3. The van der Waals surface area contributed by atoms with Gasteiger partial charge in [-0.25, -0.2) is 0 Å². The van der Waals surface area contributed by atoms with Gasteiger partial charge in [-0.1, -0.05) is 142 Å². The first-order valence-electron chi connectivity index (χ1n) is 18.1. The largest absolute Gasteiger partial charge is 0.394 e. The molecule has 3 N–H and O–H groups in total. The molecule has 2 atom stereocenters. The summed E-state index contributed by atoms with van der Waals surface area (Å²) in [5.41, 5.74) is 0. The van der Waals surface area contributed by atoms with E-state index in [4.69, 9.17) is 0 Å². The lowest BCUT2D eigenvalue weighted by atomic mass is 10.1. The van der Waals surface area contributed by atoms with Crippen LogP contribution in [0, 0.1) is 0 Å². The molecule has 0 rings (SSSR count). The Hall–Kier alpha value is -2.95. The van der Waals surface area contributed by atoms with Gasteiger partial charge in [0.15, 0.2) is 0 Å². The van der Waals surface area contributed by atoms with Crippen molar-refractivity contribution in [3.63, 3.8) is 0 Å². The zero-order chi connectivity index (χ0) is 33.6. The second-order valence-corrected chi connectivity index (χ2v) is 11.5. The van der Waals surface area contributed by atoms with Gasteiger partial charge in [0, 0.05) is 6.42 Å². The quantitative estimate of drug-likeness (QED) is 0.0544. The van der Waals surface area contributed by atoms with Crippen molar-refractivity contribution in [3.05, 3.63) is 109 Å². The lowest BCUT2D eigenvalue weighted by Gasteiger charge is -2.19. The van der Waals surface area contributed by atoms with Crippen molar-refractivity contribution in [2.24, 2.45) is 0 Å². The molecule has 258 valence electrons. The molecule has 0 aliphatic rings. The fourth-order valence-corrected chi connectivity index (χ4v) is 4.46. The lowest BCUT2D eigenvalue weighted by Crippen LogP contribution is -2.45. The molecule has 0 saturated heterocycles. The smallest absolute Gasteiger partial charge is 0.220 e. The van der Waals surface area contributed by atoms with Crippen molar-refractivity contribution in [2.45, 2.75) is 142 Å². The molecule has 2 unspecified atom stereocenters. The van der Waals surface area contributed by atoms with Crippen LogP contribution in [0.25, 0.3) is 0 Å². The Morgan fingerprint density at radius 2 is 0.978 bits per heavy atom. The molecule has 0 bridgehead atoms. The van der Waals surface area contributed by atoms with E-state index in [0.29, 0.717) is 6.42 Å². The number of hydrogen-bond donors (Lipinski definition) is 3. The van der Waals surface area contributed by atoms with E-state index in [1.807, 2.05) is 6.08 Å². The van der Waals surface area contributed by atoms with Crippen LogP contribution >= 0.6 is 0 Å². The van der Waals surface area contributed by atoms with E-state index in [1.165, 1.54) is 19.3 Å².